The topological polar surface area (TPSA) is 90.6 Å². The highest BCUT2D eigenvalue weighted by atomic mass is 19.1. The summed E-state index contributed by atoms with van der Waals surface area (Å²) < 4.78 is 23.0. The minimum absolute atomic E-state index is 0.0484. The van der Waals surface area contributed by atoms with E-state index in [0.717, 1.165) is 25.7 Å². The molecule has 0 amide bonds. The number of aromatic amines is 1. The van der Waals surface area contributed by atoms with E-state index in [9.17, 15) is 9.18 Å². The highest BCUT2D eigenvalue weighted by Crippen LogP contribution is 2.38. The maximum Gasteiger partial charge on any atom is 0.327 e. The lowest BCUT2D eigenvalue weighted by molar-refractivity contribution is -0.0157. The van der Waals surface area contributed by atoms with Crippen molar-refractivity contribution < 1.29 is 9.13 Å². The Bertz CT molecular complexity index is 1260. The molecular formula is C19H17FN6O2. The van der Waals surface area contributed by atoms with Gasteiger partial charge in [-0.15, -0.1) is 0 Å². The zero-order valence-electron chi connectivity index (χ0n) is 14.9. The van der Waals surface area contributed by atoms with Crippen LogP contribution in [0.25, 0.3) is 28.1 Å². The van der Waals surface area contributed by atoms with Crippen LogP contribution in [0.1, 0.15) is 31.7 Å². The molecule has 0 radical (unpaired) electrons. The molecular weight excluding hydrogens is 363 g/mol. The molecule has 0 aliphatic carbocycles. The summed E-state index contributed by atoms with van der Waals surface area (Å²) in [4.78, 5) is 28.8. The molecule has 1 N–H and O–H groups in total. The number of nitrogens with one attached hydrogen (secondary N) is 1. The molecule has 1 aromatic carbocycles. The van der Waals surface area contributed by atoms with Gasteiger partial charge in [0.25, 0.3) is 0 Å². The molecule has 0 saturated carbocycles. The van der Waals surface area contributed by atoms with Crippen molar-refractivity contribution in [2.45, 2.75) is 43.9 Å². The zero-order valence-corrected chi connectivity index (χ0v) is 14.9. The number of rotatable bonds is 2. The number of fused-ring (bicyclic) bond motifs is 4. The molecule has 2 atom stereocenters. The van der Waals surface area contributed by atoms with Gasteiger partial charge in [-0.25, -0.2) is 19.2 Å². The minimum atomic E-state index is -0.355. The number of benzene rings is 1. The van der Waals surface area contributed by atoms with Gasteiger partial charge in [-0.3, -0.25) is 9.13 Å². The summed E-state index contributed by atoms with van der Waals surface area (Å²) in [5.74, 6) is -0.00468. The van der Waals surface area contributed by atoms with E-state index in [1.807, 2.05) is 0 Å². The van der Waals surface area contributed by atoms with Crippen molar-refractivity contribution in [1.29, 1.82) is 0 Å². The average molecular weight is 380 g/mol. The van der Waals surface area contributed by atoms with Gasteiger partial charge >= 0.3 is 5.69 Å². The number of aromatic nitrogens is 6. The van der Waals surface area contributed by atoms with Gasteiger partial charge in [-0.1, -0.05) is 0 Å². The lowest BCUT2D eigenvalue weighted by atomic mass is 10.0. The maximum absolute atomic E-state index is 13.7. The van der Waals surface area contributed by atoms with Crippen molar-refractivity contribution in [2.24, 2.45) is 0 Å². The molecule has 6 rings (SSSR count). The van der Waals surface area contributed by atoms with E-state index in [-0.39, 0.29) is 29.8 Å². The Balaban J connectivity index is 1.50. The first-order chi connectivity index (χ1) is 13.7. The van der Waals surface area contributed by atoms with Crippen LogP contribution >= 0.6 is 0 Å². The highest BCUT2D eigenvalue weighted by Gasteiger charge is 2.37. The second-order valence-corrected chi connectivity index (χ2v) is 7.54. The van der Waals surface area contributed by atoms with Gasteiger partial charge < -0.3 is 9.72 Å². The first kappa shape index (κ1) is 15.9. The van der Waals surface area contributed by atoms with Crippen LogP contribution in [0.4, 0.5) is 4.39 Å². The predicted octanol–water partition coefficient (Wildman–Crippen LogP) is 2.48. The van der Waals surface area contributed by atoms with Crippen LogP contribution in [0.15, 0.2) is 35.5 Å². The van der Waals surface area contributed by atoms with E-state index in [4.69, 9.17) is 4.74 Å². The van der Waals surface area contributed by atoms with Gasteiger partial charge in [0.05, 0.1) is 29.4 Å². The van der Waals surface area contributed by atoms with Gasteiger partial charge in [0, 0.05) is 12.1 Å². The summed E-state index contributed by atoms with van der Waals surface area (Å²) in [7, 11) is 0. The fourth-order valence-corrected chi connectivity index (χ4v) is 4.54. The first-order valence-electron chi connectivity index (χ1n) is 9.41. The van der Waals surface area contributed by atoms with E-state index < -0.39 is 0 Å². The minimum Gasteiger partial charge on any atom is -0.375 e. The molecule has 9 heteroatoms. The number of hydrogen-bond donors (Lipinski definition) is 1. The average Bonchev–Trinajstić information content (AvgIpc) is 3.35. The number of ether oxygens (including phenoxy) is 1. The van der Waals surface area contributed by atoms with Crippen LogP contribution in [0.3, 0.4) is 0 Å². The number of hydrogen-bond acceptors (Lipinski definition) is 5. The molecule has 4 aromatic rings. The largest absolute Gasteiger partial charge is 0.375 e. The molecule has 2 aliphatic heterocycles. The smallest absolute Gasteiger partial charge is 0.327 e. The fraction of sp³-hybridized carbons (Fsp3) is 0.368. The molecule has 2 bridgehead atoms. The Morgan fingerprint density at radius 1 is 1.18 bits per heavy atom. The number of halogens is 1. The third kappa shape index (κ3) is 2.32. The molecule has 5 heterocycles. The third-order valence-electron chi connectivity index (χ3n) is 5.80. The molecule has 142 valence electrons. The fourth-order valence-electron chi connectivity index (χ4n) is 4.54. The quantitative estimate of drug-likeness (QED) is 0.577. The number of imidazole rings is 2. The summed E-state index contributed by atoms with van der Waals surface area (Å²) in [5, 5.41) is 0. The second-order valence-electron chi connectivity index (χ2n) is 7.54. The Morgan fingerprint density at radius 2 is 2.00 bits per heavy atom. The molecule has 2 unspecified atom stereocenters. The van der Waals surface area contributed by atoms with Crippen LogP contribution in [-0.2, 0) is 4.74 Å². The van der Waals surface area contributed by atoms with Crippen molar-refractivity contribution in [3.8, 4) is 5.95 Å². The van der Waals surface area contributed by atoms with Crippen molar-refractivity contribution in [3.63, 3.8) is 0 Å². The highest BCUT2D eigenvalue weighted by molar-refractivity contribution is 5.77. The van der Waals surface area contributed by atoms with E-state index in [2.05, 4.69) is 19.9 Å². The first-order valence-corrected chi connectivity index (χ1v) is 9.41. The van der Waals surface area contributed by atoms with E-state index in [1.165, 1.54) is 12.1 Å². The summed E-state index contributed by atoms with van der Waals surface area (Å²) in [6.07, 6.45) is 7.29. The Hall–Kier alpha value is -3.07. The predicted molar refractivity (Wildman–Crippen MR) is 98.9 cm³/mol. The van der Waals surface area contributed by atoms with Gasteiger partial charge in [0.1, 0.15) is 17.7 Å². The van der Waals surface area contributed by atoms with Crippen molar-refractivity contribution in [1.82, 2.24) is 29.1 Å². The van der Waals surface area contributed by atoms with Crippen molar-refractivity contribution >= 4 is 22.2 Å². The summed E-state index contributed by atoms with van der Waals surface area (Å²) in [6.45, 7) is 0. The lowest BCUT2D eigenvalue weighted by Gasteiger charge is -2.28. The van der Waals surface area contributed by atoms with Gasteiger partial charge in [-0.05, 0) is 37.8 Å². The molecule has 3 aromatic heterocycles. The SMILES string of the molecule is O=c1[nH]c2cnc(-n3cnc4ccc(F)cc43)nc2n1C1CC2CCC(C1)O2. The van der Waals surface area contributed by atoms with E-state index in [1.54, 1.807) is 27.7 Å². The van der Waals surface area contributed by atoms with Gasteiger partial charge in [0.2, 0.25) is 5.95 Å². The van der Waals surface area contributed by atoms with Crippen LogP contribution in [-0.4, -0.2) is 41.3 Å². The van der Waals surface area contributed by atoms with Gasteiger partial charge in [-0.2, -0.15) is 4.98 Å². The Kier molecular flexibility index (Phi) is 3.25. The molecule has 8 nitrogen and oxygen atoms in total. The summed E-state index contributed by atoms with van der Waals surface area (Å²) >= 11 is 0. The second kappa shape index (κ2) is 5.71. The monoisotopic (exact) mass is 380 g/mol. The molecule has 2 aliphatic rings. The molecule has 2 saturated heterocycles. The molecule has 0 spiro atoms. The Morgan fingerprint density at radius 3 is 2.82 bits per heavy atom. The summed E-state index contributed by atoms with van der Waals surface area (Å²) in [5.41, 5.74) is 2.18. The standard InChI is InChI=1S/C19H17FN6O2/c20-10-1-4-14-16(5-10)25(9-22-14)18-21-8-15-17(24-18)26(19(27)23-15)11-6-12-2-3-13(7-11)28-12/h1,4-5,8-9,11-13H,2-3,6-7H2,(H,23,27). The number of nitrogens with zero attached hydrogens (tertiary/aromatic N) is 5. The van der Waals surface area contributed by atoms with Crippen LogP contribution in [0, 0.1) is 5.82 Å². The van der Waals surface area contributed by atoms with Crippen LogP contribution in [0.5, 0.6) is 0 Å². The number of H-pyrrole nitrogens is 1. The maximum atomic E-state index is 13.7. The van der Waals surface area contributed by atoms with Crippen LogP contribution < -0.4 is 5.69 Å². The Labute approximate surface area is 158 Å². The van der Waals surface area contributed by atoms with E-state index in [0.29, 0.717) is 28.1 Å². The normalized spacial score (nSPS) is 24.4. The van der Waals surface area contributed by atoms with Crippen molar-refractivity contribution in [3.05, 3.63) is 47.0 Å². The van der Waals surface area contributed by atoms with Crippen LogP contribution in [0.2, 0.25) is 0 Å². The van der Waals surface area contributed by atoms with Gasteiger partial charge in [0.15, 0.2) is 5.65 Å². The zero-order chi connectivity index (χ0) is 18.8. The lowest BCUT2D eigenvalue weighted by Crippen LogP contribution is -2.32. The van der Waals surface area contributed by atoms with E-state index >= 15 is 0 Å². The van der Waals surface area contributed by atoms with Crippen molar-refractivity contribution in [2.75, 3.05) is 0 Å². The third-order valence-corrected chi connectivity index (χ3v) is 5.80. The summed E-state index contributed by atoms with van der Waals surface area (Å²) in [6, 6.07) is 4.43. The molecule has 2 fully saturated rings. The molecule has 28 heavy (non-hydrogen) atoms.